The summed E-state index contributed by atoms with van der Waals surface area (Å²) in [5, 5.41) is 6.67. The number of aliphatic imine (C=N–C) groups is 1. The van der Waals surface area contributed by atoms with Gasteiger partial charge in [0.15, 0.2) is 5.96 Å². The van der Waals surface area contributed by atoms with Crippen LogP contribution < -0.4 is 15.5 Å². The van der Waals surface area contributed by atoms with E-state index >= 15 is 0 Å². The summed E-state index contributed by atoms with van der Waals surface area (Å²) in [5.74, 6) is 1.89. The lowest BCUT2D eigenvalue weighted by Gasteiger charge is -2.34. The van der Waals surface area contributed by atoms with Gasteiger partial charge in [-0.25, -0.2) is 9.98 Å². The molecule has 164 valence electrons. The van der Waals surface area contributed by atoms with Gasteiger partial charge >= 0.3 is 0 Å². The predicted molar refractivity (Wildman–Crippen MR) is 119 cm³/mol. The van der Waals surface area contributed by atoms with Gasteiger partial charge in [0.1, 0.15) is 5.82 Å². The first kappa shape index (κ1) is 23.4. The van der Waals surface area contributed by atoms with Crippen molar-refractivity contribution in [2.45, 2.75) is 26.8 Å². The van der Waals surface area contributed by atoms with E-state index in [0.29, 0.717) is 19.8 Å². The SMILES string of the molecule is CCNC(=NCc1ccnc(N2CCN(CC)CC2)c1)NCCCOCCOC. The number of anilines is 1. The van der Waals surface area contributed by atoms with Crippen molar-refractivity contribution in [3.05, 3.63) is 23.9 Å². The van der Waals surface area contributed by atoms with Gasteiger partial charge in [-0.15, -0.1) is 0 Å². The molecule has 1 aromatic heterocycles. The lowest BCUT2D eigenvalue weighted by molar-refractivity contribution is 0.0698. The number of pyridine rings is 1. The zero-order chi connectivity index (χ0) is 20.7. The Kier molecular flexibility index (Phi) is 11.4. The maximum Gasteiger partial charge on any atom is 0.191 e. The summed E-state index contributed by atoms with van der Waals surface area (Å²) in [6.45, 7) is 14.0. The maximum atomic E-state index is 5.49. The van der Waals surface area contributed by atoms with Crippen LogP contribution in [0.5, 0.6) is 0 Å². The van der Waals surface area contributed by atoms with Crippen LogP contribution in [0.3, 0.4) is 0 Å². The molecule has 8 nitrogen and oxygen atoms in total. The molecule has 0 unspecified atom stereocenters. The number of aromatic nitrogens is 1. The predicted octanol–water partition coefficient (Wildman–Crippen LogP) is 1.33. The van der Waals surface area contributed by atoms with Crippen LogP contribution in [0.15, 0.2) is 23.3 Å². The van der Waals surface area contributed by atoms with Gasteiger partial charge < -0.3 is 29.9 Å². The Morgan fingerprint density at radius 1 is 1.14 bits per heavy atom. The normalized spacial score (nSPS) is 15.6. The van der Waals surface area contributed by atoms with Crippen molar-refractivity contribution in [3.8, 4) is 0 Å². The summed E-state index contributed by atoms with van der Waals surface area (Å²) >= 11 is 0. The van der Waals surface area contributed by atoms with Crippen LogP contribution >= 0.6 is 0 Å². The molecule has 1 aliphatic heterocycles. The lowest BCUT2D eigenvalue weighted by atomic mass is 10.2. The highest BCUT2D eigenvalue weighted by Gasteiger charge is 2.16. The van der Waals surface area contributed by atoms with Crippen molar-refractivity contribution < 1.29 is 9.47 Å². The number of methoxy groups -OCH3 is 1. The second-order valence-electron chi connectivity index (χ2n) is 7.02. The van der Waals surface area contributed by atoms with Gasteiger partial charge in [-0.05, 0) is 37.6 Å². The molecule has 1 saturated heterocycles. The van der Waals surface area contributed by atoms with E-state index < -0.39 is 0 Å². The first-order valence-electron chi connectivity index (χ1n) is 10.8. The molecule has 8 heteroatoms. The zero-order valence-electron chi connectivity index (χ0n) is 18.3. The number of nitrogens with zero attached hydrogens (tertiary/aromatic N) is 4. The number of hydrogen-bond acceptors (Lipinski definition) is 6. The summed E-state index contributed by atoms with van der Waals surface area (Å²) in [6.07, 6.45) is 2.82. The van der Waals surface area contributed by atoms with Crippen LogP contribution in [0, 0.1) is 0 Å². The fraction of sp³-hybridized carbons (Fsp3) is 0.714. The summed E-state index contributed by atoms with van der Waals surface area (Å²) in [7, 11) is 1.68. The minimum absolute atomic E-state index is 0.629. The largest absolute Gasteiger partial charge is 0.382 e. The second kappa shape index (κ2) is 14.1. The molecule has 0 saturated carbocycles. The van der Waals surface area contributed by atoms with Gasteiger partial charge in [0.05, 0.1) is 19.8 Å². The Labute approximate surface area is 175 Å². The van der Waals surface area contributed by atoms with Crippen LogP contribution in [-0.2, 0) is 16.0 Å². The second-order valence-corrected chi connectivity index (χ2v) is 7.02. The number of guanidine groups is 1. The molecule has 2 rings (SSSR count). The number of ether oxygens (including phenoxy) is 2. The highest BCUT2D eigenvalue weighted by atomic mass is 16.5. The summed E-state index contributed by atoms with van der Waals surface area (Å²) in [6, 6.07) is 4.21. The highest BCUT2D eigenvalue weighted by Crippen LogP contribution is 2.15. The van der Waals surface area contributed by atoms with Crippen molar-refractivity contribution in [2.24, 2.45) is 4.99 Å². The van der Waals surface area contributed by atoms with E-state index in [1.807, 2.05) is 12.3 Å². The molecule has 1 aromatic rings. The highest BCUT2D eigenvalue weighted by molar-refractivity contribution is 5.79. The van der Waals surface area contributed by atoms with Crippen LogP contribution in [0.4, 0.5) is 5.82 Å². The fourth-order valence-corrected chi connectivity index (χ4v) is 3.16. The molecular weight excluding hydrogens is 368 g/mol. The van der Waals surface area contributed by atoms with Crippen LogP contribution in [0.2, 0.25) is 0 Å². The molecule has 0 radical (unpaired) electrons. The zero-order valence-corrected chi connectivity index (χ0v) is 18.3. The molecule has 1 fully saturated rings. The Morgan fingerprint density at radius 2 is 1.97 bits per heavy atom. The first-order valence-corrected chi connectivity index (χ1v) is 10.8. The summed E-state index contributed by atoms with van der Waals surface area (Å²) in [4.78, 5) is 14.1. The summed E-state index contributed by atoms with van der Waals surface area (Å²) in [5.41, 5.74) is 1.17. The van der Waals surface area contributed by atoms with Gasteiger partial charge in [-0.1, -0.05) is 6.92 Å². The van der Waals surface area contributed by atoms with E-state index in [0.717, 1.165) is 70.6 Å². The van der Waals surface area contributed by atoms with E-state index in [2.05, 4.69) is 45.3 Å². The van der Waals surface area contributed by atoms with E-state index in [1.165, 1.54) is 5.56 Å². The van der Waals surface area contributed by atoms with Crippen molar-refractivity contribution in [1.82, 2.24) is 20.5 Å². The minimum Gasteiger partial charge on any atom is -0.382 e. The van der Waals surface area contributed by atoms with Gasteiger partial charge in [0.25, 0.3) is 0 Å². The molecule has 0 spiro atoms. The van der Waals surface area contributed by atoms with Crippen molar-refractivity contribution in [3.63, 3.8) is 0 Å². The molecule has 1 aliphatic rings. The Bertz CT molecular complexity index is 590. The Morgan fingerprint density at radius 3 is 2.69 bits per heavy atom. The number of rotatable bonds is 12. The number of nitrogens with one attached hydrogen (secondary N) is 2. The molecule has 2 N–H and O–H groups in total. The molecule has 0 aromatic carbocycles. The van der Waals surface area contributed by atoms with E-state index in [-0.39, 0.29) is 0 Å². The topological polar surface area (TPSA) is 74.3 Å². The number of likely N-dealkylation sites (N-methyl/N-ethyl adjacent to an activating group) is 1. The van der Waals surface area contributed by atoms with E-state index in [4.69, 9.17) is 14.5 Å². The van der Waals surface area contributed by atoms with Crippen LogP contribution in [0.25, 0.3) is 0 Å². The number of hydrogen-bond donors (Lipinski definition) is 2. The molecule has 2 heterocycles. The smallest absolute Gasteiger partial charge is 0.191 e. The van der Waals surface area contributed by atoms with Gasteiger partial charge in [0.2, 0.25) is 0 Å². The van der Waals surface area contributed by atoms with E-state index in [9.17, 15) is 0 Å². The average molecular weight is 407 g/mol. The van der Waals surface area contributed by atoms with Gasteiger partial charge in [-0.3, -0.25) is 0 Å². The monoisotopic (exact) mass is 406 g/mol. The lowest BCUT2D eigenvalue weighted by Crippen LogP contribution is -2.46. The van der Waals surface area contributed by atoms with Crippen LogP contribution in [0.1, 0.15) is 25.8 Å². The third-order valence-corrected chi connectivity index (χ3v) is 4.91. The average Bonchev–Trinajstić information content (AvgIpc) is 2.77. The molecule has 0 bridgehead atoms. The molecule has 0 aliphatic carbocycles. The quantitative estimate of drug-likeness (QED) is 0.308. The maximum absolute atomic E-state index is 5.49. The van der Waals surface area contributed by atoms with Gasteiger partial charge in [-0.2, -0.15) is 0 Å². The molecule has 29 heavy (non-hydrogen) atoms. The van der Waals surface area contributed by atoms with Crippen molar-refractivity contribution in [2.75, 3.05) is 77.6 Å². The summed E-state index contributed by atoms with van der Waals surface area (Å²) < 4.78 is 10.5. The van der Waals surface area contributed by atoms with Gasteiger partial charge in [0, 0.05) is 59.2 Å². The fourth-order valence-electron chi connectivity index (χ4n) is 3.16. The number of piperazine rings is 1. The third kappa shape index (κ3) is 8.97. The Hall–Kier alpha value is -1.90. The molecule has 0 amide bonds. The van der Waals surface area contributed by atoms with E-state index in [1.54, 1.807) is 7.11 Å². The molecular formula is C21H38N6O2. The molecule has 0 atom stereocenters. The van der Waals surface area contributed by atoms with Crippen LogP contribution in [-0.4, -0.2) is 88.6 Å². The Balaban J connectivity index is 1.80. The third-order valence-electron chi connectivity index (χ3n) is 4.91. The standard InChI is InChI=1S/C21H38N6O2/c1-4-22-21(24-8-6-14-29-16-15-28-3)25-18-19-7-9-23-20(17-19)27-12-10-26(5-2)11-13-27/h7,9,17H,4-6,8,10-16,18H2,1-3H3,(H2,22,24,25). The van der Waals surface area contributed by atoms with Crippen molar-refractivity contribution >= 4 is 11.8 Å². The van der Waals surface area contributed by atoms with Crippen molar-refractivity contribution in [1.29, 1.82) is 0 Å². The first-order chi connectivity index (χ1) is 14.3. The minimum atomic E-state index is 0.629.